The first kappa shape index (κ1) is 30.7. The molecule has 0 spiro atoms. The van der Waals surface area contributed by atoms with E-state index in [1.54, 1.807) is 4.57 Å². The molecule has 1 N–H and O–H groups in total. The van der Waals surface area contributed by atoms with Crippen LogP contribution >= 0.6 is 0 Å². The third-order valence-corrected chi connectivity index (χ3v) is 7.77. The standard InChI is InChI=1S/C34H34N4O4.Na/c1-5-6-11-29-28(32(39)38(21(2)35-29)25-16-17-30-24(19-25)20-34(3,4)41-30)18-22-12-14-23(15-13-22)26-9-7-8-10-27(26)31-36-33(40)42-37-31;/h7-10,12-17,19H,5-6,11,18,20H2,1-4H3,(H,36,37,40);. The minimum atomic E-state index is -0.594. The Bertz CT molecular complexity index is 1890. The van der Waals surface area contributed by atoms with Crippen molar-refractivity contribution < 1.29 is 9.26 Å². The van der Waals surface area contributed by atoms with Crippen LogP contribution in [0.4, 0.5) is 0 Å². The smallest absolute Gasteiger partial charge is 0.439 e. The predicted molar refractivity (Wildman–Crippen MR) is 168 cm³/mol. The molecule has 3 aromatic carbocycles. The third kappa shape index (κ3) is 6.32. The summed E-state index contributed by atoms with van der Waals surface area (Å²) in [7, 11) is 0. The number of H-pyrrole nitrogens is 1. The summed E-state index contributed by atoms with van der Waals surface area (Å²) in [5.74, 6) is 1.35. The summed E-state index contributed by atoms with van der Waals surface area (Å²) >= 11 is 0. The van der Waals surface area contributed by atoms with Gasteiger partial charge in [-0.15, -0.1) is 0 Å². The second-order valence-corrected chi connectivity index (χ2v) is 11.5. The van der Waals surface area contributed by atoms with Gasteiger partial charge in [-0.05, 0) is 68.5 Å². The van der Waals surface area contributed by atoms with E-state index in [4.69, 9.17) is 14.2 Å². The number of hydrogen-bond donors (Lipinski definition) is 1. The Morgan fingerprint density at radius 3 is 2.44 bits per heavy atom. The average molecular weight is 586 g/mol. The molecular formula is C34H34N4NaO4. The fourth-order valence-corrected chi connectivity index (χ4v) is 5.78. The number of nitrogens with zero attached hydrogens (tertiary/aromatic N) is 3. The van der Waals surface area contributed by atoms with Gasteiger partial charge in [-0.25, -0.2) is 9.78 Å². The molecule has 2 aromatic heterocycles. The van der Waals surface area contributed by atoms with Gasteiger partial charge in [0.2, 0.25) is 0 Å². The maximum atomic E-state index is 14.1. The van der Waals surface area contributed by atoms with Gasteiger partial charge in [0.15, 0.2) is 5.82 Å². The summed E-state index contributed by atoms with van der Waals surface area (Å²) in [6.07, 6.45) is 4.02. The molecule has 0 saturated heterocycles. The number of nitrogens with one attached hydrogen (secondary N) is 1. The zero-order valence-electron chi connectivity index (χ0n) is 25.4. The molecule has 0 fully saturated rings. The summed E-state index contributed by atoms with van der Waals surface area (Å²) in [6, 6.07) is 21.8. The third-order valence-electron chi connectivity index (χ3n) is 7.77. The van der Waals surface area contributed by atoms with Crippen molar-refractivity contribution >= 4 is 29.6 Å². The van der Waals surface area contributed by atoms with Crippen LogP contribution in [-0.2, 0) is 19.3 Å². The van der Waals surface area contributed by atoms with E-state index in [1.807, 2.05) is 67.6 Å². The molecule has 0 aliphatic carbocycles. The topological polar surface area (TPSA) is 103 Å². The summed E-state index contributed by atoms with van der Waals surface area (Å²) in [6.45, 7) is 8.20. The van der Waals surface area contributed by atoms with Crippen molar-refractivity contribution in [2.75, 3.05) is 0 Å². The first-order chi connectivity index (χ1) is 20.2. The molecule has 0 amide bonds. The van der Waals surface area contributed by atoms with Gasteiger partial charge in [0.1, 0.15) is 17.2 Å². The van der Waals surface area contributed by atoms with Crippen molar-refractivity contribution in [3.05, 3.63) is 116 Å². The van der Waals surface area contributed by atoms with E-state index in [0.29, 0.717) is 18.1 Å². The van der Waals surface area contributed by atoms with Gasteiger partial charge in [-0.3, -0.25) is 18.9 Å². The maximum Gasteiger partial charge on any atom is 0.439 e. The van der Waals surface area contributed by atoms with Crippen LogP contribution in [0.2, 0.25) is 0 Å². The number of rotatable bonds is 8. The zero-order valence-corrected chi connectivity index (χ0v) is 27.4. The summed E-state index contributed by atoms with van der Waals surface area (Å²) < 4.78 is 12.5. The Balaban J connectivity index is 0.00000368. The van der Waals surface area contributed by atoms with E-state index < -0.39 is 5.76 Å². The largest absolute Gasteiger partial charge is 0.487 e. The summed E-state index contributed by atoms with van der Waals surface area (Å²) in [5.41, 5.74) is 6.88. The van der Waals surface area contributed by atoms with Gasteiger partial charge < -0.3 is 4.74 Å². The SMILES string of the molecule is CCCCc1nc(C)n(-c2ccc3c(c2)CC(C)(C)O3)c(=O)c1Cc1ccc(-c2ccccc2-c2noc(=O)[nH]2)cc1.[Na]. The van der Waals surface area contributed by atoms with Crippen molar-refractivity contribution in [2.24, 2.45) is 0 Å². The molecule has 5 aromatic rings. The predicted octanol–water partition coefficient (Wildman–Crippen LogP) is 5.82. The van der Waals surface area contributed by atoms with Crippen LogP contribution in [-0.4, -0.2) is 54.9 Å². The second-order valence-electron chi connectivity index (χ2n) is 11.5. The molecule has 43 heavy (non-hydrogen) atoms. The average Bonchev–Trinajstić information content (AvgIpc) is 3.54. The van der Waals surface area contributed by atoms with Crippen molar-refractivity contribution in [3.8, 4) is 34.0 Å². The van der Waals surface area contributed by atoms with Crippen molar-refractivity contribution in [1.29, 1.82) is 0 Å². The van der Waals surface area contributed by atoms with Crippen LogP contribution in [0.25, 0.3) is 28.2 Å². The molecule has 1 aliphatic rings. The first-order valence-electron chi connectivity index (χ1n) is 14.4. The zero-order chi connectivity index (χ0) is 29.4. The van der Waals surface area contributed by atoms with Gasteiger partial charge in [0, 0.05) is 59.1 Å². The monoisotopic (exact) mass is 585 g/mol. The van der Waals surface area contributed by atoms with E-state index in [-0.39, 0.29) is 40.7 Å². The van der Waals surface area contributed by atoms with Crippen LogP contribution in [0.5, 0.6) is 5.75 Å². The molecule has 3 heterocycles. The normalized spacial score (nSPS) is 13.3. The van der Waals surface area contributed by atoms with E-state index in [1.165, 1.54) is 0 Å². The number of aryl methyl sites for hydroxylation is 2. The quantitative estimate of drug-likeness (QED) is 0.230. The van der Waals surface area contributed by atoms with E-state index in [9.17, 15) is 9.59 Å². The summed E-state index contributed by atoms with van der Waals surface area (Å²) in [4.78, 5) is 33.3. The number of hydrogen-bond acceptors (Lipinski definition) is 6. The Morgan fingerprint density at radius 2 is 1.74 bits per heavy atom. The van der Waals surface area contributed by atoms with Crippen LogP contribution in [0.15, 0.2) is 80.8 Å². The Hall–Kier alpha value is -3.72. The van der Waals surface area contributed by atoms with Gasteiger partial charge in [0.05, 0.1) is 11.4 Å². The fourth-order valence-electron chi connectivity index (χ4n) is 5.78. The molecule has 0 unspecified atom stereocenters. The van der Waals surface area contributed by atoms with Crippen molar-refractivity contribution in [3.63, 3.8) is 0 Å². The fraction of sp³-hybridized carbons (Fsp3) is 0.294. The van der Waals surface area contributed by atoms with Crippen LogP contribution < -0.4 is 16.1 Å². The minimum absolute atomic E-state index is 0. The van der Waals surface area contributed by atoms with Gasteiger partial charge >= 0.3 is 5.76 Å². The molecule has 0 atom stereocenters. The van der Waals surface area contributed by atoms with Crippen LogP contribution in [0.3, 0.4) is 0 Å². The van der Waals surface area contributed by atoms with E-state index in [0.717, 1.165) is 76.2 Å². The van der Waals surface area contributed by atoms with Gasteiger partial charge in [0.25, 0.3) is 5.56 Å². The molecule has 0 bridgehead atoms. The van der Waals surface area contributed by atoms with Crippen LogP contribution in [0, 0.1) is 6.92 Å². The molecule has 8 nitrogen and oxygen atoms in total. The second kappa shape index (κ2) is 12.5. The number of aromatic nitrogens is 4. The van der Waals surface area contributed by atoms with E-state index >= 15 is 0 Å². The molecule has 6 rings (SSSR count). The summed E-state index contributed by atoms with van der Waals surface area (Å²) in [5, 5.41) is 3.86. The molecule has 1 aliphatic heterocycles. The Labute approximate surface area is 272 Å². The number of fused-ring (bicyclic) bond motifs is 1. The van der Waals surface area contributed by atoms with Gasteiger partial charge in [-0.2, -0.15) is 0 Å². The number of unbranched alkanes of at least 4 members (excludes halogenated alkanes) is 1. The molecule has 0 saturated carbocycles. The van der Waals surface area contributed by atoms with Gasteiger partial charge in [-0.1, -0.05) is 67.0 Å². The van der Waals surface area contributed by atoms with Crippen molar-refractivity contribution in [2.45, 2.75) is 65.4 Å². The maximum absolute atomic E-state index is 14.1. The van der Waals surface area contributed by atoms with Crippen molar-refractivity contribution in [1.82, 2.24) is 19.7 Å². The number of ether oxygens (including phenoxy) is 1. The number of benzene rings is 3. The van der Waals surface area contributed by atoms with Crippen LogP contribution in [0.1, 0.15) is 61.8 Å². The first-order valence-corrected chi connectivity index (χ1v) is 14.4. The molecule has 1 radical (unpaired) electrons. The number of aromatic amines is 1. The Kier molecular flexibility index (Phi) is 8.92. The van der Waals surface area contributed by atoms with E-state index in [2.05, 4.69) is 37.0 Å². The molecule has 9 heteroatoms. The minimum Gasteiger partial charge on any atom is -0.487 e. The molecular weight excluding hydrogens is 551 g/mol. The molecule has 215 valence electrons. The Morgan fingerprint density at radius 1 is 1.00 bits per heavy atom.